The molecule has 1 amide bonds. The van der Waals surface area contributed by atoms with Gasteiger partial charge in [0.05, 0.1) is 23.0 Å². The molecule has 126 valence electrons. The normalized spacial score (nSPS) is 10.4. The maximum atomic E-state index is 12.9. The summed E-state index contributed by atoms with van der Waals surface area (Å²) in [5.41, 5.74) is 2.36. The van der Waals surface area contributed by atoms with E-state index in [0.29, 0.717) is 16.4 Å². The first-order valence-corrected chi connectivity index (χ1v) is 8.37. The predicted molar refractivity (Wildman–Crippen MR) is 95.7 cm³/mol. The first-order valence-electron chi connectivity index (χ1n) is 7.49. The summed E-state index contributed by atoms with van der Waals surface area (Å²) in [7, 11) is 1.81. The minimum atomic E-state index is -0.421. The second-order valence-electron chi connectivity index (χ2n) is 5.36. The van der Waals surface area contributed by atoms with E-state index in [2.05, 4.69) is 10.3 Å². The van der Waals surface area contributed by atoms with Crippen molar-refractivity contribution in [3.05, 3.63) is 51.8 Å². The van der Waals surface area contributed by atoms with Crippen molar-refractivity contribution in [3.8, 4) is 23.0 Å². The lowest BCUT2D eigenvalue weighted by atomic mass is 10.2. The number of hydrogen-bond donors (Lipinski definition) is 1. The fraction of sp³-hybridized carbons (Fsp3) is 0.176. The Labute approximate surface area is 147 Å². The van der Waals surface area contributed by atoms with E-state index in [1.165, 1.54) is 11.3 Å². The number of hydrogen-bond acceptors (Lipinski definition) is 5. The van der Waals surface area contributed by atoms with E-state index in [1.54, 1.807) is 20.8 Å². The molecule has 0 aliphatic rings. The first kappa shape index (κ1) is 16.7. The molecular weight excluding hydrogens is 338 g/mol. The lowest BCUT2D eigenvalue weighted by Gasteiger charge is -2.07. The minimum Gasteiger partial charge on any atom is -0.301 e. The van der Waals surface area contributed by atoms with Crippen molar-refractivity contribution in [1.29, 1.82) is 5.26 Å². The minimum absolute atomic E-state index is 0.175. The largest absolute Gasteiger partial charge is 0.301 e. The fourth-order valence-electron chi connectivity index (χ4n) is 2.54. The zero-order valence-corrected chi connectivity index (χ0v) is 14.5. The van der Waals surface area contributed by atoms with Crippen molar-refractivity contribution in [3.63, 3.8) is 0 Å². The van der Waals surface area contributed by atoms with Gasteiger partial charge in [-0.3, -0.25) is 14.3 Å². The maximum absolute atomic E-state index is 12.9. The molecule has 0 aliphatic heterocycles. The monoisotopic (exact) mass is 353 g/mol. The fourth-order valence-corrected chi connectivity index (χ4v) is 3.26. The average Bonchev–Trinajstić information content (AvgIpc) is 3.12. The number of nitrogens with one attached hydrogen (secondary N) is 1. The molecule has 0 spiro atoms. The first-order chi connectivity index (χ1) is 12.0. The second kappa shape index (κ2) is 6.75. The van der Waals surface area contributed by atoms with Crippen LogP contribution in [0.5, 0.6) is 0 Å². The smallest absolute Gasteiger partial charge is 0.281 e. The highest BCUT2D eigenvalue weighted by molar-refractivity contribution is 7.14. The molecule has 0 radical (unpaired) electrons. The molecule has 1 aromatic carbocycles. The van der Waals surface area contributed by atoms with Crippen LogP contribution in [0, 0.1) is 18.3 Å². The molecule has 0 saturated carbocycles. The molecule has 0 fully saturated rings. The van der Waals surface area contributed by atoms with Crippen LogP contribution >= 0.6 is 11.3 Å². The number of nitriles is 1. The number of amides is 1. The second-order valence-corrected chi connectivity index (χ2v) is 6.22. The van der Waals surface area contributed by atoms with Gasteiger partial charge >= 0.3 is 0 Å². The van der Waals surface area contributed by atoms with Gasteiger partial charge in [-0.15, -0.1) is 11.3 Å². The molecule has 2 heterocycles. The van der Waals surface area contributed by atoms with Crippen LogP contribution in [0.25, 0.3) is 16.9 Å². The van der Waals surface area contributed by atoms with Gasteiger partial charge < -0.3 is 5.32 Å². The molecule has 8 heteroatoms. The number of aromatic nitrogens is 3. The summed E-state index contributed by atoms with van der Waals surface area (Å²) >= 11 is 1.22. The van der Waals surface area contributed by atoms with Crippen LogP contribution in [0.1, 0.15) is 12.1 Å². The summed E-state index contributed by atoms with van der Waals surface area (Å²) < 4.78 is 3.36. The Bertz CT molecular complexity index is 1020. The van der Waals surface area contributed by atoms with Crippen LogP contribution in [-0.2, 0) is 11.8 Å². The third-order valence-corrected chi connectivity index (χ3v) is 4.56. The Morgan fingerprint density at radius 1 is 1.36 bits per heavy atom. The Balaban J connectivity index is 2.02. The van der Waals surface area contributed by atoms with Crippen LogP contribution in [0.4, 0.5) is 5.13 Å². The van der Waals surface area contributed by atoms with E-state index in [4.69, 9.17) is 5.26 Å². The molecule has 3 aromatic rings. The van der Waals surface area contributed by atoms with Gasteiger partial charge in [0.2, 0.25) is 5.91 Å². The van der Waals surface area contributed by atoms with E-state index in [9.17, 15) is 9.59 Å². The average molecular weight is 353 g/mol. The van der Waals surface area contributed by atoms with Gasteiger partial charge in [0, 0.05) is 18.1 Å². The van der Waals surface area contributed by atoms with Crippen LogP contribution in [0.15, 0.2) is 40.5 Å². The van der Waals surface area contributed by atoms with Crippen molar-refractivity contribution in [2.45, 2.75) is 13.3 Å². The summed E-state index contributed by atoms with van der Waals surface area (Å²) in [6, 6.07) is 11.1. The van der Waals surface area contributed by atoms with Crippen molar-refractivity contribution >= 4 is 22.4 Å². The maximum Gasteiger partial charge on any atom is 0.281 e. The molecule has 1 N–H and O–H groups in total. The Morgan fingerprint density at radius 3 is 2.76 bits per heavy atom. The van der Waals surface area contributed by atoms with Gasteiger partial charge in [0.15, 0.2) is 5.13 Å². The SMILES string of the molecule is Cc1c(-c2csc(NC(=O)CC#N)n2)c(=O)n(-c2ccccc2)n1C. The number of para-hydroxylation sites is 1. The highest BCUT2D eigenvalue weighted by Gasteiger charge is 2.20. The van der Waals surface area contributed by atoms with Crippen LogP contribution in [-0.4, -0.2) is 20.3 Å². The van der Waals surface area contributed by atoms with Crippen LogP contribution in [0.2, 0.25) is 0 Å². The quantitative estimate of drug-likeness (QED) is 0.780. The molecular formula is C17H15N5O2S. The Kier molecular flexibility index (Phi) is 4.50. The molecule has 2 aromatic heterocycles. The van der Waals surface area contributed by atoms with Gasteiger partial charge in [-0.25, -0.2) is 9.67 Å². The Hall–Kier alpha value is -3.18. The summed E-state index contributed by atoms with van der Waals surface area (Å²) in [5.74, 6) is -0.421. The summed E-state index contributed by atoms with van der Waals surface area (Å²) in [4.78, 5) is 28.7. The number of carbonyl (C=O) groups excluding carboxylic acids is 1. The number of benzene rings is 1. The third-order valence-electron chi connectivity index (χ3n) is 3.80. The standard InChI is InChI=1S/C17H15N5O2S/c1-11-15(13-10-25-17(19-13)20-14(23)8-9-18)16(24)22(21(11)2)12-6-4-3-5-7-12/h3-7,10H,8H2,1-2H3,(H,19,20,23). The molecule has 0 unspecified atom stereocenters. The number of anilines is 1. The zero-order chi connectivity index (χ0) is 18.0. The van der Waals surface area contributed by atoms with E-state index in [0.717, 1.165) is 11.4 Å². The predicted octanol–water partition coefficient (Wildman–Crippen LogP) is 2.46. The number of carbonyl (C=O) groups is 1. The summed E-state index contributed by atoms with van der Waals surface area (Å²) in [6.07, 6.45) is -0.236. The van der Waals surface area contributed by atoms with Gasteiger partial charge in [-0.1, -0.05) is 18.2 Å². The molecule has 0 saturated heterocycles. The molecule has 0 atom stereocenters. The topological polar surface area (TPSA) is 92.7 Å². The number of nitrogens with zero attached hydrogens (tertiary/aromatic N) is 4. The van der Waals surface area contributed by atoms with E-state index < -0.39 is 5.91 Å². The van der Waals surface area contributed by atoms with E-state index in [1.807, 2.05) is 44.3 Å². The third kappa shape index (κ3) is 3.09. The number of rotatable bonds is 4. The van der Waals surface area contributed by atoms with Crippen molar-refractivity contribution in [2.75, 3.05) is 5.32 Å². The van der Waals surface area contributed by atoms with Crippen LogP contribution in [0.3, 0.4) is 0 Å². The van der Waals surface area contributed by atoms with Crippen molar-refractivity contribution < 1.29 is 4.79 Å². The molecule has 7 nitrogen and oxygen atoms in total. The molecule has 25 heavy (non-hydrogen) atoms. The molecule has 0 aliphatic carbocycles. The van der Waals surface area contributed by atoms with Crippen molar-refractivity contribution in [2.24, 2.45) is 7.05 Å². The van der Waals surface area contributed by atoms with Crippen LogP contribution < -0.4 is 10.9 Å². The van der Waals surface area contributed by atoms with Gasteiger partial charge in [0.1, 0.15) is 6.42 Å². The summed E-state index contributed by atoms with van der Waals surface area (Å²) in [5, 5.41) is 13.2. The molecule has 3 rings (SSSR count). The van der Waals surface area contributed by atoms with Gasteiger partial charge in [-0.05, 0) is 19.1 Å². The summed E-state index contributed by atoms with van der Waals surface area (Å²) in [6.45, 7) is 1.85. The zero-order valence-electron chi connectivity index (χ0n) is 13.7. The molecule has 0 bridgehead atoms. The lowest BCUT2D eigenvalue weighted by molar-refractivity contribution is -0.115. The highest BCUT2D eigenvalue weighted by Crippen LogP contribution is 2.26. The van der Waals surface area contributed by atoms with Gasteiger partial charge in [-0.2, -0.15) is 5.26 Å². The number of thiazole rings is 1. The van der Waals surface area contributed by atoms with Gasteiger partial charge in [0.25, 0.3) is 5.56 Å². The van der Waals surface area contributed by atoms with E-state index >= 15 is 0 Å². The highest BCUT2D eigenvalue weighted by atomic mass is 32.1. The van der Waals surface area contributed by atoms with E-state index in [-0.39, 0.29) is 12.0 Å². The lowest BCUT2D eigenvalue weighted by Crippen LogP contribution is -2.20. The van der Waals surface area contributed by atoms with Crippen molar-refractivity contribution in [1.82, 2.24) is 14.3 Å². The Morgan fingerprint density at radius 2 is 2.08 bits per heavy atom.